The van der Waals surface area contributed by atoms with Gasteiger partial charge in [-0.05, 0) is 37.8 Å². The summed E-state index contributed by atoms with van der Waals surface area (Å²) in [4.78, 5) is -0.0706. The molecule has 0 saturated heterocycles. The zero-order valence-corrected chi connectivity index (χ0v) is 13.7. The third-order valence-electron chi connectivity index (χ3n) is 4.01. The average molecular weight is 339 g/mol. The van der Waals surface area contributed by atoms with Crippen LogP contribution in [0, 0.1) is 11.7 Å². The molecule has 1 aliphatic carbocycles. The monoisotopic (exact) mass is 339 g/mol. The van der Waals surface area contributed by atoms with Crippen molar-refractivity contribution in [2.24, 2.45) is 5.92 Å². The highest BCUT2D eigenvalue weighted by Crippen LogP contribution is 2.39. The fourth-order valence-electron chi connectivity index (χ4n) is 2.43. The molecule has 1 saturated carbocycles. The minimum atomic E-state index is -3.83. The van der Waals surface area contributed by atoms with Crippen LogP contribution in [0.4, 0.5) is 10.1 Å². The van der Waals surface area contributed by atoms with Gasteiger partial charge in [0.1, 0.15) is 0 Å². The van der Waals surface area contributed by atoms with E-state index in [2.05, 4.69) is 16.7 Å². The third kappa shape index (κ3) is 3.31. The molecule has 1 heterocycles. The summed E-state index contributed by atoms with van der Waals surface area (Å²) in [6, 6.07) is 3.65. The number of anilines is 1. The van der Waals surface area contributed by atoms with Gasteiger partial charge in [0.25, 0.3) is 10.0 Å². The molecule has 124 valence electrons. The van der Waals surface area contributed by atoms with E-state index in [4.69, 9.17) is 4.74 Å². The Morgan fingerprint density at radius 1 is 1.43 bits per heavy atom. The van der Waals surface area contributed by atoms with Crippen molar-refractivity contribution in [3.8, 4) is 5.75 Å². The Bertz CT molecular complexity index is 815. The van der Waals surface area contributed by atoms with Crippen molar-refractivity contribution in [1.82, 2.24) is 9.78 Å². The molecule has 23 heavy (non-hydrogen) atoms. The highest BCUT2D eigenvalue weighted by atomic mass is 32.2. The van der Waals surface area contributed by atoms with Crippen LogP contribution in [0.5, 0.6) is 5.75 Å². The van der Waals surface area contributed by atoms with Gasteiger partial charge in [0.15, 0.2) is 11.6 Å². The topological polar surface area (TPSA) is 73.2 Å². The van der Waals surface area contributed by atoms with E-state index in [1.54, 1.807) is 10.9 Å². The normalized spacial score (nSPS) is 16.1. The summed E-state index contributed by atoms with van der Waals surface area (Å²) in [5.41, 5.74) is 0.376. The summed E-state index contributed by atoms with van der Waals surface area (Å²) in [5, 5.41) is 4.21. The molecule has 0 bridgehead atoms. The number of benzene rings is 1. The molecule has 1 aromatic heterocycles. The fourth-order valence-corrected chi connectivity index (χ4v) is 3.47. The highest BCUT2D eigenvalue weighted by molar-refractivity contribution is 7.92. The molecule has 0 radical (unpaired) electrons. The zero-order valence-electron chi connectivity index (χ0n) is 12.9. The van der Waals surface area contributed by atoms with E-state index < -0.39 is 15.8 Å². The van der Waals surface area contributed by atoms with E-state index in [9.17, 15) is 12.8 Å². The molecule has 0 spiro atoms. The van der Waals surface area contributed by atoms with E-state index in [1.165, 1.54) is 32.2 Å². The molecule has 6 nitrogen and oxygen atoms in total. The fraction of sp³-hybridized carbons (Fsp3) is 0.400. The first-order chi connectivity index (χ1) is 10.9. The van der Waals surface area contributed by atoms with Gasteiger partial charge < -0.3 is 4.74 Å². The Morgan fingerprint density at radius 2 is 2.17 bits per heavy atom. The summed E-state index contributed by atoms with van der Waals surface area (Å²) < 4.78 is 47.2. The molecule has 2 aromatic rings. The standard InChI is InChI=1S/C15H18FN3O3S/c1-10(11-3-4-11)19-9-12(8-17-19)18-23(20,21)13-5-6-14(16)15(7-13)22-2/h5-11,18H,3-4H2,1-2H3/t10-/m0/s1. The summed E-state index contributed by atoms with van der Waals surface area (Å²) >= 11 is 0. The highest BCUT2D eigenvalue weighted by Gasteiger charge is 2.29. The van der Waals surface area contributed by atoms with Crippen molar-refractivity contribution in [2.75, 3.05) is 11.8 Å². The smallest absolute Gasteiger partial charge is 0.262 e. The van der Waals surface area contributed by atoms with Crippen LogP contribution in [-0.2, 0) is 10.0 Å². The predicted molar refractivity (Wildman–Crippen MR) is 83.4 cm³/mol. The van der Waals surface area contributed by atoms with Gasteiger partial charge in [0, 0.05) is 12.3 Å². The van der Waals surface area contributed by atoms with Crippen molar-refractivity contribution in [3.05, 3.63) is 36.4 Å². The average Bonchev–Trinajstić information content (AvgIpc) is 3.27. The zero-order chi connectivity index (χ0) is 16.6. The minimum absolute atomic E-state index is 0.0706. The number of ether oxygens (including phenoxy) is 1. The summed E-state index contributed by atoms with van der Waals surface area (Å²) in [5.74, 6) is -0.121. The minimum Gasteiger partial charge on any atom is -0.494 e. The lowest BCUT2D eigenvalue weighted by Gasteiger charge is -2.10. The molecular weight excluding hydrogens is 321 g/mol. The lowest BCUT2D eigenvalue weighted by Crippen LogP contribution is -2.13. The van der Waals surface area contributed by atoms with Gasteiger partial charge >= 0.3 is 0 Å². The number of hydrogen-bond donors (Lipinski definition) is 1. The Morgan fingerprint density at radius 3 is 2.83 bits per heavy atom. The summed E-state index contributed by atoms with van der Waals surface area (Å²) in [7, 11) is -2.55. The van der Waals surface area contributed by atoms with E-state index in [0.717, 1.165) is 12.1 Å². The Kier molecular flexibility index (Phi) is 4.01. The van der Waals surface area contributed by atoms with E-state index in [0.29, 0.717) is 11.6 Å². The van der Waals surface area contributed by atoms with Crippen LogP contribution in [-0.4, -0.2) is 25.3 Å². The second kappa shape index (κ2) is 5.84. The number of sulfonamides is 1. The predicted octanol–water partition coefficient (Wildman–Crippen LogP) is 2.80. The van der Waals surface area contributed by atoms with Gasteiger partial charge in [-0.15, -0.1) is 0 Å². The maximum atomic E-state index is 13.4. The van der Waals surface area contributed by atoms with E-state index >= 15 is 0 Å². The first kappa shape index (κ1) is 15.8. The van der Waals surface area contributed by atoms with Gasteiger partial charge in [-0.2, -0.15) is 5.10 Å². The molecule has 1 fully saturated rings. The van der Waals surface area contributed by atoms with Gasteiger partial charge in [0.05, 0.1) is 29.9 Å². The number of nitrogens with zero attached hydrogens (tertiary/aromatic N) is 2. The molecule has 1 atom stereocenters. The Balaban J connectivity index is 1.80. The molecule has 3 rings (SSSR count). The van der Waals surface area contributed by atoms with Crippen molar-refractivity contribution < 1.29 is 17.5 Å². The molecule has 0 aliphatic heterocycles. The maximum absolute atomic E-state index is 13.4. The summed E-state index contributed by atoms with van der Waals surface area (Å²) in [6.07, 6.45) is 5.49. The third-order valence-corrected chi connectivity index (χ3v) is 5.39. The van der Waals surface area contributed by atoms with Crippen LogP contribution in [0.15, 0.2) is 35.5 Å². The maximum Gasteiger partial charge on any atom is 0.262 e. The summed E-state index contributed by atoms with van der Waals surface area (Å²) in [6.45, 7) is 2.06. The Labute approximate surface area is 134 Å². The lowest BCUT2D eigenvalue weighted by molar-refractivity contribution is 0.385. The van der Waals surface area contributed by atoms with Gasteiger partial charge in [-0.3, -0.25) is 9.40 Å². The second-order valence-corrected chi connectivity index (χ2v) is 7.37. The van der Waals surface area contributed by atoms with Crippen molar-refractivity contribution in [2.45, 2.75) is 30.7 Å². The number of rotatable bonds is 6. The first-order valence-corrected chi connectivity index (χ1v) is 8.79. The number of halogens is 1. The van der Waals surface area contributed by atoms with Crippen LogP contribution in [0.25, 0.3) is 0 Å². The van der Waals surface area contributed by atoms with Gasteiger partial charge in [-0.1, -0.05) is 0 Å². The number of methoxy groups -OCH3 is 1. The second-order valence-electron chi connectivity index (χ2n) is 5.69. The van der Waals surface area contributed by atoms with Crippen molar-refractivity contribution in [3.63, 3.8) is 0 Å². The quantitative estimate of drug-likeness (QED) is 0.878. The van der Waals surface area contributed by atoms with Crippen LogP contribution in [0.3, 0.4) is 0 Å². The molecule has 1 N–H and O–H groups in total. The Hall–Kier alpha value is -2.09. The lowest BCUT2D eigenvalue weighted by atomic mass is 10.2. The van der Waals surface area contributed by atoms with Crippen molar-refractivity contribution >= 4 is 15.7 Å². The number of nitrogens with one attached hydrogen (secondary N) is 1. The molecule has 8 heteroatoms. The number of aromatic nitrogens is 2. The van der Waals surface area contributed by atoms with Crippen LogP contribution in [0.2, 0.25) is 0 Å². The molecule has 1 aromatic carbocycles. The van der Waals surface area contributed by atoms with Crippen LogP contribution >= 0.6 is 0 Å². The SMILES string of the molecule is COc1cc(S(=O)(=O)Nc2cnn([C@@H](C)C3CC3)c2)ccc1F. The van der Waals surface area contributed by atoms with Gasteiger partial charge in [0.2, 0.25) is 0 Å². The molecular formula is C15H18FN3O3S. The van der Waals surface area contributed by atoms with Gasteiger partial charge in [-0.25, -0.2) is 12.8 Å². The first-order valence-electron chi connectivity index (χ1n) is 7.31. The molecule has 1 aliphatic rings. The largest absolute Gasteiger partial charge is 0.494 e. The number of hydrogen-bond acceptors (Lipinski definition) is 4. The molecule has 0 amide bonds. The van der Waals surface area contributed by atoms with Crippen molar-refractivity contribution in [1.29, 1.82) is 0 Å². The van der Waals surface area contributed by atoms with Crippen LogP contribution in [0.1, 0.15) is 25.8 Å². The molecule has 0 unspecified atom stereocenters. The van der Waals surface area contributed by atoms with Crippen LogP contribution < -0.4 is 9.46 Å². The van der Waals surface area contributed by atoms with E-state index in [1.807, 2.05) is 0 Å². The van der Waals surface area contributed by atoms with E-state index in [-0.39, 0.29) is 16.7 Å².